The highest BCUT2D eigenvalue weighted by Gasteiger charge is 2.29. The molecule has 5 nitrogen and oxygen atoms in total. The van der Waals surface area contributed by atoms with Gasteiger partial charge >= 0.3 is 0 Å². The summed E-state index contributed by atoms with van der Waals surface area (Å²) in [6.07, 6.45) is 3.24. The molecule has 1 aliphatic rings. The van der Waals surface area contributed by atoms with Crippen LogP contribution in [0.4, 0.5) is 4.39 Å². The highest BCUT2D eigenvalue weighted by atomic mass is 19.1. The van der Waals surface area contributed by atoms with Crippen LogP contribution in [0.5, 0.6) is 0 Å². The molecule has 0 N–H and O–H groups in total. The van der Waals surface area contributed by atoms with Crippen molar-refractivity contribution in [1.29, 1.82) is 0 Å². The van der Waals surface area contributed by atoms with Crippen LogP contribution in [0.3, 0.4) is 0 Å². The molecular weight excluding hydrogens is 465 g/mol. The summed E-state index contributed by atoms with van der Waals surface area (Å²) in [6.45, 7) is 2.43. The van der Waals surface area contributed by atoms with Gasteiger partial charge in [0.1, 0.15) is 11.5 Å². The van der Waals surface area contributed by atoms with Gasteiger partial charge in [-0.05, 0) is 41.0 Å². The molecule has 5 rings (SSSR count). The molecule has 0 unspecified atom stereocenters. The van der Waals surface area contributed by atoms with Gasteiger partial charge in [-0.3, -0.25) is 19.1 Å². The Morgan fingerprint density at radius 3 is 1.86 bits per heavy atom. The molecule has 0 atom stereocenters. The summed E-state index contributed by atoms with van der Waals surface area (Å²) in [6, 6.07) is 31.5. The Bertz CT molecular complexity index is 1390. The normalized spacial score (nSPS) is 14.6. The Morgan fingerprint density at radius 2 is 1.30 bits per heavy atom. The summed E-state index contributed by atoms with van der Waals surface area (Å²) < 4.78 is 14.8. The number of rotatable bonds is 6. The summed E-state index contributed by atoms with van der Waals surface area (Å²) in [5.41, 5.74) is 3.01. The second kappa shape index (κ2) is 11.2. The first-order chi connectivity index (χ1) is 18.1. The van der Waals surface area contributed by atoms with E-state index in [4.69, 9.17) is 0 Å². The number of amides is 1. The summed E-state index contributed by atoms with van der Waals surface area (Å²) >= 11 is 0. The lowest BCUT2D eigenvalue weighted by Crippen LogP contribution is -2.50. The number of halogens is 1. The minimum absolute atomic E-state index is 0.0885. The molecule has 3 aromatic carbocycles. The fourth-order valence-electron chi connectivity index (χ4n) is 4.81. The fraction of sp³-hybridized carbons (Fsp3) is 0.161. The molecule has 37 heavy (non-hydrogen) atoms. The third-order valence-corrected chi connectivity index (χ3v) is 6.67. The Hall–Kier alpha value is -4.29. The summed E-state index contributed by atoms with van der Waals surface area (Å²) in [7, 11) is 0. The highest BCUT2D eigenvalue weighted by Crippen LogP contribution is 2.29. The number of hydrogen-bond donors (Lipinski definition) is 0. The second-order valence-electron chi connectivity index (χ2n) is 9.04. The molecule has 1 fully saturated rings. The number of benzene rings is 3. The number of hydrogen-bond acceptors (Lipinski definition) is 3. The Kier molecular flexibility index (Phi) is 7.38. The van der Waals surface area contributed by atoms with Crippen LogP contribution in [-0.4, -0.2) is 46.5 Å². The van der Waals surface area contributed by atoms with Gasteiger partial charge < -0.3 is 4.90 Å². The maximum atomic E-state index is 13.7. The summed E-state index contributed by atoms with van der Waals surface area (Å²) in [4.78, 5) is 30.6. The van der Waals surface area contributed by atoms with Crippen molar-refractivity contribution in [2.75, 3.05) is 26.2 Å². The van der Waals surface area contributed by atoms with Crippen LogP contribution in [0.15, 0.2) is 114 Å². The summed E-state index contributed by atoms with van der Waals surface area (Å²) in [5.74, 6) is -0.585. The zero-order valence-corrected chi connectivity index (χ0v) is 20.4. The van der Waals surface area contributed by atoms with Gasteiger partial charge in [-0.15, -0.1) is 0 Å². The third-order valence-electron chi connectivity index (χ3n) is 6.67. The number of carbonyl (C=O) groups is 1. The Morgan fingerprint density at radius 1 is 0.730 bits per heavy atom. The first-order valence-corrected chi connectivity index (χ1v) is 12.4. The lowest BCUT2D eigenvalue weighted by Gasteiger charge is -2.40. The van der Waals surface area contributed by atoms with E-state index in [-0.39, 0.29) is 29.0 Å². The number of pyridine rings is 1. The Labute approximate surface area is 215 Å². The molecule has 1 amide bonds. The van der Waals surface area contributed by atoms with Crippen LogP contribution in [0.25, 0.3) is 11.8 Å². The molecule has 0 bridgehead atoms. The first-order valence-electron chi connectivity index (χ1n) is 12.4. The van der Waals surface area contributed by atoms with E-state index in [1.54, 1.807) is 41.4 Å². The topological polar surface area (TPSA) is 45.6 Å². The molecule has 1 aliphatic heterocycles. The van der Waals surface area contributed by atoms with E-state index in [0.29, 0.717) is 31.7 Å². The van der Waals surface area contributed by atoms with Crippen molar-refractivity contribution in [2.24, 2.45) is 0 Å². The van der Waals surface area contributed by atoms with Crippen molar-refractivity contribution >= 4 is 17.7 Å². The minimum Gasteiger partial charge on any atom is -0.335 e. The van der Waals surface area contributed by atoms with Crippen LogP contribution in [0, 0.1) is 5.82 Å². The minimum atomic E-state index is -0.357. The smallest absolute Gasteiger partial charge is 0.271 e. The number of aromatic nitrogens is 1. The number of piperazine rings is 1. The van der Waals surface area contributed by atoms with Crippen LogP contribution in [0.2, 0.25) is 0 Å². The van der Waals surface area contributed by atoms with E-state index in [0.717, 1.165) is 0 Å². The Balaban J connectivity index is 1.40. The molecule has 0 saturated carbocycles. The molecule has 1 aromatic heterocycles. The number of carbonyl (C=O) groups excluding carboxylic acids is 1. The fourth-order valence-corrected chi connectivity index (χ4v) is 4.81. The molecule has 4 aromatic rings. The van der Waals surface area contributed by atoms with E-state index < -0.39 is 0 Å². The van der Waals surface area contributed by atoms with E-state index in [2.05, 4.69) is 53.4 Å². The van der Waals surface area contributed by atoms with Crippen LogP contribution >= 0.6 is 0 Å². The van der Waals surface area contributed by atoms with Gasteiger partial charge in [0.25, 0.3) is 11.5 Å². The third kappa shape index (κ3) is 5.60. The first kappa shape index (κ1) is 24.4. The largest absolute Gasteiger partial charge is 0.335 e. The highest BCUT2D eigenvalue weighted by molar-refractivity contribution is 6.18. The quantitative estimate of drug-likeness (QED) is 0.358. The maximum Gasteiger partial charge on any atom is 0.271 e. The van der Waals surface area contributed by atoms with Gasteiger partial charge in [0, 0.05) is 38.4 Å². The van der Waals surface area contributed by atoms with E-state index in [1.165, 1.54) is 33.9 Å². The van der Waals surface area contributed by atoms with Crippen LogP contribution in [-0.2, 0) is 4.79 Å². The van der Waals surface area contributed by atoms with Crippen LogP contribution < -0.4 is 5.56 Å². The van der Waals surface area contributed by atoms with Gasteiger partial charge in [-0.25, -0.2) is 4.39 Å². The zero-order valence-electron chi connectivity index (χ0n) is 20.4. The molecule has 2 heterocycles. The van der Waals surface area contributed by atoms with Crippen molar-refractivity contribution in [3.05, 3.63) is 142 Å². The zero-order chi connectivity index (χ0) is 25.6. The lowest BCUT2D eigenvalue weighted by molar-refractivity contribution is -0.127. The van der Waals surface area contributed by atoms with Crippen molar-refractivity contribution in [1.82, 2.24) is 14.4 Å². The molecular formula is C31H28FN3O2. The van der Waals surface area contributed by atoms with Crippen molar-refractivity contribution in [2.45, 2.75) is 6.04 Å². The molecule has 1 saturated heterocycles. The van der Waals surface area contributed by atoms with Gasteiger partial charge in [0.15, 0.2) is 0 Å². The average molecular weight is 494 g/mol. The maximum absolute atomic E-state index is 13.7. The summed E-state index contributed by atoms with van der Waals surface area (Å²) in [5, 5.41) is 0. The van der Waals surface area contributed by atoms with Gasteiger partial charge in [-0.2, -0.15) is 0 Å². The van der Waals surface area contributed by atoms with Gasteiger partial charge in [0.05, 0.1) is 6.04 Å². The predicted octanol–water partition coefficient (Wildman–Crippen LogP) is 4.92. The second-order valence-corrected chi connectivity index (χ2v) is 9.04. The van der Waals surface area contributed by atoms with E-state index >= 15 is 0 Å². The van der Waals surface area contributed by atoms with Crippen molar-refractivity contribution < 1.29 is 9.18 Å². The van der Waals surface area contributed by atoms with Gasteiger partial charge in [0.2, 0.25) is 0 Å². The SMILES string of the molecule is O=C(/C(=C\c1ccc(F)cc1)n1ccccc1=O)N1CCN(C(c2ccccc2)c2ccccc2)CC1. The standard InChI is InChI=1S/C31H28FN3O2/c32-27-16-14-24(15-17-27)23-28(35-18-8-7-13-29(35)36)31(37)34-21-19-33(20-22-34)30(25-9-3-1-4-10-25)26-11-5-2-6-12-26/h1-18,23,30H,19-22H2/b28-23+. The molecule has 186 valence electrons. The molecule has 0 aliphatic carbocycles. The van der Waals surface area contributed by atoms with Crippen molar-refractivity contribution in [3.8, 4) is 0 Å². The molecule has 0 spiro atoms. The van der Waals surface area contributed by atoms with E-state index in [9.17, 15) is 14.0 Å². The monoisotopic (exact) mass is 493 g/mol. The van der Waals surface area contributed by atoms with Crippen LogP contribution in [0.1, 0.15) is 22.7 Å². The average Bonchev–Trinajstić information content (AvgIpc) is 2.95. The molecule has 6 heteroatoms. The van der Waals surface area contributed by atoms with E-state index in [1.807, 2.05) is 12.1 Å². The molecule has 0 radical (unpaired) electrons. The predicted molar refractivity (Wildman–Crippen MR) is 144 cm³/mol. The van der Waals surface area contributed by atoms with Gasteiger partial charge in [-0.1, -0.05) is 78.9 Å². The lowest BCUT2D eigenvalue weighted by atomic mass is 9.96. The van der Waals surface area contributed by atoms with Crippen molar-refractivity contribution in [3.63, 3.8) is 0 Å². The number of nitrogens with zero attached hydrogens (tertiary/aromatic N) is 3.